The molecule has 0 atom stereocenters. The van der Waals surface area contributed by atoms with Crippen molar-refractivity contribution in [2.75, 3.05) is 19.7 Å². The number of pyridine rings is 1. The summed E-state index contributed by atoms with van der Waals surface area (Å²) in [4.78, 5) is 18.3. The van der Waals surface area contributed by atoms with Crippen molar-refractivity contribution in [2.45, 2.75) is 26.3 Å². The van der Waals surface area contributed by atoms with Crippen molar-refractivity contribution in [3.63, 3.8) is 0 Å². The molecule has 1 fully saturated rings. The van der Waals surface area contributed by atoms with Crippen LogP contribution in [0.5, 0.6) is 0 Å². The van der Waals surface area contributed by atoms with Gasteiger partial charge in [-0.2, -0.15) is 0 Å². The van der Waals surface area contributed by atoms with Gasteiger partial charge in [-0.05, 0) is 57.1 Å². The largest absolute Gasteiger partial charge is 0.466 e. The molecule has 30 heavy (non-hydrogen) atoms. The van der Waals surface area contributed by atoms with Gasteiger partial charge in [0.15, 0.2) is 0 Å². The summed E-state index contributed by atoms with van der Waals surface area (Å²) in [5.74, 6) is -0.519. The molecule has 7 nitrogen and oxygen atoms in total. The minimum absolute atomic E-state index is 0.0463. The van der Waals surface area contributed by atoms with Gasteiger partial charge >= 0.3 is 5.97 Å². The highest BCUT2D eigenvalue weighted by Gasteiger charge is 2.27. The van der Waals surface area contributed by atoms with Crippen molar-refractivity contribution in [1.82, 2.24) is 24.9 Å². The quantitative estimate of drug-likeness (QED) is 0.582. The van der Waals surface area contributed by atoms with Gasteiger partial charge in [0, 0.05) is 24.5 Å². The topological polar surface area (TPSA) is 73.1 Å². The molecule has 2 aromatic heterocycles. The van der Waals surface area contributed by atoms with Crippen molar-refractivity contribution in [2.24, 2.45) is 5.92 Å². The number of para-hydroxylation sites is 1. The van der Waals surface area contributed by atoms with Crippen LogP contribution in [0.1, 0.15) is 25.5 Å². The van der Waals surface area contributed by atoms with Crippen molar-refractivity contribution in [3.8, 4) is 16.9 Å². The number of nitrogens with zero attached hydrogens (tertiary/aromatic N) is 5. The van der Waals surface area contributed by atoms with E-state index in [-0.39, 0.29) is 17.7 Å². The molecule has 0 saturated carbocycles. The number of piperidine rings is 1. The fourth-order valence-electron chi connectivity index (χ4n) is 3.81. The maximum atomic E-state index is 14.5. The smallest absolute Gasteiger partial charge is 0.309 e. The second-order valence-corrected chi connectivity index (χ2v) is 7.29. The number of hydrogen-bond acceptors (Lipinski definition) is 6. The Morgan fingerprint density at radius 2 is 1.90 bits per heavy atom. The van der Waals surface area contributed by atoms with Gasteiger partial charge in [0.2, 0.25) is 0 Å². The first-order valence-corrected chi connectivity index (χ1v) is 10.2. The van der Waals surface area contributed by atoms with Crippen molar-refractivity contribution in [1.29, 1.82) is 0 Å². The first kappa shape index (κ1) is 20.2. The summed E-state index contributed by atoms with van der Waals surface area (Å²) >= 11 is 0. The van der Waals surface area contributed by atoms with Crippen molar-refractivity contribution >= 4 is 5.97 Å². The molecular formula is C22H24FN5O2. The normalized spacial score (nSPS) is 15.3. The predicted molar refractivity (Wildman–Crippen MR) is 109 cm³/mol. The Kier molecular flexibility index (Phi) is 6.13. The Morgan fingerprint density at radius 3 is 2.60 bits per heavy atom. The van der Waals surface area contributed by atoms with Gasteiger partial charge in [0.1, 0.15) is 17.2 Å². The average molecular weight is 409 g/mol. The number of aromatic nitrogens is 4. The Hall–Kier alpha value is -3.13. The second-order valence-electron chi connectivity index (χ2n) is 7.29. The van der Waals surface area contributed by atoms with Crippen LogP contribution >= 0.6 is 0 Å². The highest BCUT2D eigenvalue weighted by molar-refractivity contribution is 5.72. The summed E-state index contributed by atoms with van der Waals surface area (Å²) in [6, 6.07) is 10.3. The number of esters is 1. The van der Waals surface area contributed by atoms with Gasteiger partial charge in [0.05, 0.1) is 18.2 Å². The number of halogens is 1. The third-order valence-corrected chi connectivity index (χ3v) is 5.36. The molecule has 0 amide bonds. The molecule has 0 radical (unpaired) electrons. The summed E-state index contributed by atoms with van der Waals surface area (Å²) in [7, 11) is 0. The lowest BCUT2D eigenvalue weighted by Crippen LogP contribution is -2.36. The lowest BCUT2D eigenvalue weighted by atomic mass is 9.97. The molecule has 8 heteroatoms. The fourth-order valence-corrected chi connectivity index (χ4v) is 3.81. The molecule has 1 aliphatic rings. The van der Waals surface area contributed by atoms with Crippen molar-refractivity contribution in [3.05, 3.63) is 60.3 Å². The number of ether oxygens (including phenoxy) is 1. The van der Waals surface area contributed by atoms with Crippen LogP contribution in [-0.4, -0.2) is 50.5 Å². The van der Waals surface area contributed by atoms with E-state index in [0.29, 0.717) is 18.8 Å². The summed E-state index contributed by atoms with van der Waals surface area (Å²) in [5, 5.41) is 8.64. The summed E-state index contributed by atoms with van der Waals surface area (Å²) < 4.78 is 21.2. The van der Waals surface area contributed by atoms with Crippen LogP contribution in [0.2, 0.25) is 0 Å². The minimum atomic E-state index is -0.362. The molecule has 1 aliphatic heterocycles. The molecule has 0 spiro atoms. The molecule has 156 valence electrons. The number of carbonyl (C=O) groups is 1. The second kappa shape index (κ2) is 9.13. The molecule has 0 unspecified atom stereocenters. The SMILES string of the molecule is CCOC(=O)C1CCN(Cc2nnn(-c3ccccc3F)c2-c2ccncc2)CC1. The number of hydrogen-bond donors (Lipinski definition) is 0. The molecule has 4 rings (SSSR count). The highest BCUT2D eigenvalue weighted by Crippen LogP contribution is 2.28. The molecule has 0 bridgehead atoms. The predicted octanol–water partition coefficient (Wildman–Crippen LogP) is 3.24. The standard InChI is InChI=1S/C22H24FN5O2/c1-2-30-22(29)17-9-13-27(14-10-17)15-19-21(16-7-11-24-12-8-16)28(26-25-19)20-6-4-3-5-18(20)23/h3-8,11-12,17H,2,9-10,13-15H2,1H3. The van der Waals surface area contributed by atoms with Crippen LogP contribution in [-0.2, 0) is 16.1 Å². The first-order chi connectivity index (χ1) is 14.7. The lowest BCUT2D eigenvalue weighted by Gasteiger charge is -2.30. The molecular weight excluding hydrogens is 385 g/mol. The monoisotopic (exact) mass is 409 g/mol. The molecule has 1 aromatic carbocycles. The van der Waals surface area contributed by atoms with E-state index in [2.05, 4.69) is 20.2 Å². The zero-order chi connectivity index (χ0) is 20.9. The van der Waals surface area contributed by atoms with E-state index in [1.54, 1.807) is 35.3 Å². The highest BCUT2D eigenvalue weighted by atomic mass is 19.1. The van der Waals surface area contributed by atoms with Gasteiger partial charge < -0.3 is 4.74 Å². The maximum Gasteiger partial charge on any atom is 0.309 e. The summed E-state index contributed by atoms with van der Waals surface area (Å²) in [6.07, 6.45) is 4.90. The van der Waals surface area contributed by atoms with Crippen LogP contribution in [0.15, 0.2) is 48.8 Å². The minimum Gasteiger partial charge on any atom is -0.466 e. The first-order valence-electron chi connectivity index (χ1n) is 10.2. The van der Waals surface area contributed by atoms with E-state index in [4.69, 9.17) is 4.74 Å². The van der Waals surface area contributed by atoms with Gasteiger partial charge in [-0.1, -0.05) is 17.3 Å². The summed E-state index contributed by atoms with van der Waals surface area (Å²) in [6.45, 7) is 4.35. The van der Waals surface area contributed by atoms with Crippen LogP contribution in [0.4, 0.5) is 4.39 Å². The van der Waals surface area contributed by atoms with E-state index in [1.165, 1.54) is 6.07 Å². The number of benzene rings is 1. The van der Waals surface area contributed by atoms with Crippen molar-refractivity contribution < 1.29 is 13.9 Å². The average Bonchev–Trinajstić information content (AvgIpc) is 3.18. The fraction of sp³-hybridized carbons (Fsp3) is 0.364. The Morgan fingerprint density at radius 1 is 1.17 bits per heavy atom. The van der Waals surface area contributed by atoms with Gasteiger partial charge in [0.25, 0.3) is 0 Å². The van der Waals surface area contributed by atoms with E-state index in [1.807, 2.05) is 19.1 Å². The number of likely N-dealkylation sites (tertiary alicyclic amines) is 1. The van der Waals surface area contributed by atoms with Crippen LogP contribution in [0.3, 0.4) is 0 Å². The van der Waals surface area contributed by atoms with E-state index in [0.717, 1.165) is 42.9 Å². The molecule has 3 aromatic rings. The zero-order valence-electron chi connectivity index (χ0n) is 16.9. The van der Waals surface area contributed by atoms with Crippen LogP contribution in [0.25, 0.3) is 16.9 Å². The van der Waals surface area contributed by atoms with Crippen LogP contribution in [0, 0.1) is 11.7 Å². The van der Waals surface area contributed by atoms with E-state index in [9.17, 15) is 9.18 Å². The summed E-state index contributed by atoms with van der Waals surface area (Å²) in [5.41, 5.74) is 2.73. The molecule has 0 aliphatic carbocycles. The lowest BCUT2D eigenvalue weighted by molar-refractivity contribution is -0.149. The molecule has 3 heterocycles. The maximum absolute atomic E-state index is 14.5. The molecule has 1 saturated heterocycles. The van der Waals surface area contributed by atoms with Gasteiger partial charge in [-0.15, -0.1) is 5.10 Å². The van der Waals surface area contributed by atoms with Crippen LogP contribution < -0.4 is 0 Å². The van der Waals surface area contributed by atoms with Gasteiger partial charge in [-0.25, -0.2) is 9.07 Å². The third-order valence-electron chi connectivity index (χ3n) is 5.36. The Labute approximate surface area is 174 Å². The van der Waals surface area contributed by atoms with Gasteiger partial charge in [-0.3, -0.25) is 14.7 Å². The zero-order valence-corrected chi connectivity index (χ0v) is 16.9. The van der Waals surface area contributed by atoms with E-state index < -0.39 is 0 Å². The molecule has 0 N–H and O–H groups in total. The Balaban J connectivity index is 1.59. The number of rotatable bonds is 6. The Bertz CT molecular complexity index is 1000. The third kappa shape index (κ3) is 4.23. The van der Waals surface area contributed by atoms with E-state index >= 15 is 0 Å². The number of carbonyl (C=O) groups excluding carboxylic acids is 1.